The van der Waals surface area contributed by atoms with Gasteiger partial charge in [-0.25, -0.2) is 0 Å². The molecule has 2 rings (SSSR count). The van der Waals surface area contributed by atoms with Gasteiger partial charge in [-0.05, 0) is 43.5 Å². The molecule has 0 radical (unpaired) electrons. The van der Waals surface area contributed by atoms with Gasteiger partial charge in [-0.2, -0.15) is 0 Å². The molecular weight excluding hydrogens is 212 g/mol. The Morgan fingerprint density at radius 1 is 1.41 bits per heavy atom. The standard InChI is InChI=1S/C14H20N2O/c1-3-11-6-8-12(9-7-11)16(2)14(17)13-5-4-10-15-13/h6-9,13,15H,3-5,10H2,1-2H3/t13-/m0/s1. The average Bonchev–Trinajstić information content (AvgIpc) is 2.91. The molecule has 1 fully saturated rings. The van der Waals surface area contributed by atoms with E-state index in [-0.39, 0.29) is 11.9 Å². The number of carbonyl (C=O) groups is 1. The summed E-state index contributed by atoms with van der Waals surface area (Å²) in [5.41, 5.74) is 2.27. The van der Waals surface area contributed by atoms with Gasteiger partial charge >= 0.3 is 0 Å². The van der Waals surface area contributed by atoms with E-state index in [2.05, 4.69) is 24.4 Å². The quantitative estimate of drug-likeness (QED) is 0.864. The highest BCUT2D eigenvalue weighted by molar-refractivity contribution is 5.96. The Morgan fingerprint density at radius 2 is 2.12 bits per heavy atom. The molecule has 1 aliphatic rings. The van der Waals surface area contributed by atoms with E-state index in [1.807, 2.05) is 19.2 Å². The van der Waals surface area contributed by atoms with Gasteiger partial charge < -0.3 is 10.2 Å². The lowest BCUT2D eigenvalue weighted by Gasteiger charge is -2.21. The number of anilines is 1. The van der Waals surface area contributed by atoms with E-state index >= 15 is 0 Å². The first kappa shape index (κ1) is 12.1. The van der Waals surface area contributed by atoms with Crippen LogP contribution in [0, 0.1) is 0 Å². The second-order valence-corrected chi connectivity index (χ2v) is 4.57. The maximum absolute atomic E-state index is 12.2. The summed E-state index contributed by atoms with van der Waals surface area (Å²) in [7, 11) is 1.85. The fourth-order valence-electron chi connectivity index (χ4n) is 2.21. The first-order chi connectivity index (χ1) is 8.22. The van der Waals surface area contributed by atoms with Crippen LogP contribution in [0.2, 0.25) is 0 Å². The van der Waals surface area contributed by atoms with Crippen molar-refractivity contribution < 1.29 is 4.79 Å². The third-order valence-corrected chi connectivity index (χ3v) is 3.42. The largest absolute Gasteiger partial charge is 0.314 e. The lowest BCUT2D eigenvalue weighted by molar-refractivity contribution is -0.119. The van der Waals surface area contributed by atoms with Gasteiger partial charge in [0.05, 0.1) is 6.04 Å². The van der Waals surface area contributed by atoms with E-state index in [9.17, 15) is 4.79 Å². The Kier molecular flexibility index (Phi) is 3.79. The van der Waals surface area contributed by atoms with Crippen LogP contribution in [0.3, 0.4) is 0 Å². The summed E-state index contributed by atoms with van der Waals surface area (Å²) in [4.78, 5) is 13.9. The minimum absolute atomic E-state index is 0.00542. The van der Waals surface area contributed by atoms with Crippen LogP contribution in [0.5, 0.6) is 0 Å². The predicted octanol–water partition coefficient (Wildman–Crippen LogP) is 1.96. The zero-order chi connectivity index (χ0) is 12.3. The molecule has 1 aliphatic heterocycles. The van der Waals surface area contributed by atoms with Crippen LogP contribution in [0.4, 0.5) is 5.69 Å². The summed E-state index contributed by atoms with van der Waals surface area (Å²) in [6, 6.07) is 8.21. The summed E-state index contributed by atoms with van der Waals surface area (Å²) in [6.07, 6.45) is 3.08. The maximum atomic E-state index is 12.2. The third kappa shape index (κ3) is 2.67. The van der Waals surface area contributed by atoms with E-state index in [1.54, 1.807) is 4.90 Å². The smallest absolute Gasteiger partial charge is 0.243 e. The molecule has 0 bridgehead atoms. The molecule has 0 spiro atoms. The second-order valence-electron chi connectivity index (χ2n) is 4.57. The van der Waals surface area contributed by atoms with Gasteiger partial charge in [0.25, 0.3) is 0 Å². The third-order valence-electron chi connectivity index (χ3n) is 3.42. The molecule has 1 amide bonds. The van der Waals surface area contributed by atoms with E-state index in [0.717, 1.165) is 31.5 Å². The molecule has 1 aromatic carbocycles. The van der Waals surface area contributed by atoms with E-state index in [0.29, 0.717) is 0 Å². The molecule has 1 N–H and O–H groups in total. The predicted molar refractivity (Wildman–Crippen MR) is 70.3 cm³/mol. The van der Waals surface area contributed by atoms with Crippen molar-refractivity contribution in [3.05, 3.63) is 29.8 Å². The summed E-state index contributed by atoms with van der Waals surface area (Å²) in [5, 5.41) is 3.24. The minimum atomic E-state index is 0.00542. The molecule has 0 unspecified atom stereocenters. The average molecular weight is 232 g/mol. The summed E-state index contributed by atoms with van der Waals surface area (Å²) >= 11 is 0. The van der Waals surface area contributed by atoms with Gasteiger partial charge in [0, 0.05) is 12.7 Å². The molecule has 1 heterocycles. The van der Waals surface area contributed by atoms with Crippen molar-refractivity contribution >= 4 is 11.6 Å². The molecule has 0 saturated carbocycles. The number of amides is 1. The monoisotopic (exact) mass is 232 g/mol. The molecule has 3 heteroatoms. The summed E-state index contributed by atoms with van der Waals surface area (Å²) < 4.78 is 0. The molecule has 1 atom stereocenters. The lowest BCUT2D eigenvalue weighted by atomic mass is 10.1. The van der Waals surface area contributed by atoms with Crippen LogP contribution in [0.15, 0.2) is 24.3 Å². The van der Waals surface area contributed by atoms with Crippen LogP contribution in [0.1, 0.15) is 25.3 Å². The van der Waals surface area contributed by atoms with Crippen LogP contribution in [0.25, 0.3) is 0 Å². The van der Waals surface area contributed by atoms with Crippen LogP contribution in [-0.4, -0.2) is 25.5 Å². The number of hydrogen-bond acceptors (Lipinski definition) is 2. The normalized spacial score (nSPS) is 19.3. The molecule has 0 aliphatic carbocycles. The van der Waals surface area contributed by atoms with Gasteiger partial charge in [0.1, 0.15) is 0 Å². The van der Waals surface area contributed by atoms with E-state index in [1.165, 1.54) is 5.56 Å². The van der Waals surface area contributed by atoms with Crippen LogP contribution in [-0.2, 0) is 11.2 Å². The highest BCUT2D eigenvalue weighted by Gasteiger charge is 2.25. The van der Waals surface area contributed by atoms with Crippen molar-refractivity contribution in [2.45, 2.75) is 32.2 Å². The van der Waals surface area contributed by atoms with E-state index < -0.39 is 0 Å². The van der Waals surface area contributed by atoms with E-state index in [4.69, 9.17) is 0 Å². The number of rotatable bonds is 3. The molecule has 1 saturated heterocycles. The fraction of sp³-hybridized carbons (Fsp3) is 0.500. The number of likely N-dealkylation sites (N-methyl/N-ethyl adjacent to an activating group) is 1. The van der Waals surface area contributed by atoms with Crippen LogP contribution < -0.4 is 10.2 Å². The Bertz CT molecular complexity index is 380. The Balaban J connectivity index is 2.07. The Morgan fingerprint density at radius 3 is 2.65 bits per heavy atom. The van der Waals surface area contributed by atoms with Gasteiger partial charge in [-0.15, -0.1) is 0 Å². The number of benzene rings is 1. The van der Waals surface area contributed by atoms with Gasteiger partial charge in [0.2, 0.25) is 5.91 Å². The SMILES string of the molecule is CCc1ccc(N(C)C(=O)[C@@H]2CCCN2)cc1. The number of hydrogen-bond donors (Lipinski definition) is 1. The number of nitrogens with zero attached hydrogens (tertiary/aromatic N) is 1. The minimum Gasteiger partial charge on any atom is -0.314 e. The van der Waals surface area contributed by atoms with Crippen molar-refractivity contribution in [1.29, 1.82) is 0 Å². The Hall–Kier alpha value is -1.35. The van der Waals surface area contributed by atoms with Gasteiger partial charge in [-0.1, -0.05) is 19.1 Å². The lowest BCUT2D eigenvalue weighted by Crippen LogP contribution is -2.41. The molecule has 92 valence electrons. The zero-order valence-corrected chi connectivity index (χ0v) is 10.6. The second kappa shape index (κ2) is 5.32. The summed E-state index contributed by atoms with van der Waals surface area (Å²) in [5.74, 6) is 0.173. The number of carbonyl (C=O) groups excluding carboxylic acids is 1. The van der Waals surface area contributed by atoms with Crippen molar-refractivity contribution in [2.24, 2.45) is 0 Å². The molecule has 17 heavy (non-hydrogen) atoms. The van der Waals surface area contributed by atoms with Gasteiger partial charge in [-0.3, -0.25) is 4.79 Å². The highest BCUT2D eigenvalue weighted by atomic mass is 16.2. The molecule has 3 nitrogen and oxygen atoms in total. The zero-order valence-electron chi connectivity index (χ0n) is 10.6. The number of aryl methyl sites for hydroxylation is 1. The molecule has 0 aromatic heterocycles. The van der Waals surface area contributed by atoms with Crippen molar-refractivity contribution in [2.75, 3.05) is 18.5 Å². The topological polar surface area (TPSA) is 32.3 Å². The van der Waals surface area contributed by atoms with Crippen LogP contribution >= 0.6 is 0 Å². The van der Waals surface area contributed by atoms with Crippen molar-refractivity contribution in [3.8, 4) is 0 Å². The number of nitrogens with one attached hydrogen (secondary N) is 1. The summed E-state index contributed by atoms with van der Waals surface area (Å²) in [6.45, 7) is 3.09. The van der Waals surface area contributed by atoms with Crippen molar-refractivity contribution in [3.63, 3.8) is 0 Å². The first-order valence-corrected chi connectivity index (χ1v) is 6.32. The highest BCUT2D eigenvalue weighted by Crippen LogP contribution is 2.17. The Labute approximate surface area is 103 Å². The van der Waals surface area contributed by atoms with Crippen molar-refractivity contribution in [1.82, 2.24) is 5.32 Å². The fourth-order valence-corrected chi connectivity index (χ4v) is 2.21. The molecular formula is C14H20N2O. The maximum Gasteiger partial charge on any atom is 0.243 e. The molecule has 1 aromatic rings. The first-order valence-electron chi connectivity index (χ1n) is 6.32. The van der Waals surface area contributed by atoms with Gasteiger partial charge in [0.15, 0.2) is 0 Å².